The van der Waals surface area contributed by atoms with Crippen molar-refractivity contribution < 1.29 is 23.9 Å². The number of hydrogen-bond acceptors (Lipinski definition) is 4. The Bertz CT molecular complexity index is 847. The van der Waals surface area contributed by atoms with E-state index in [1.165, 1.54) is 0 Å². The van der Waals surface area contributed by atoms with E-state index in [4.69, 9.17) is 15.3 Å². The van der Waals surface area contributed by atoms with Crippen LogP contribution in [0.25, 0.3) is 11.0 Å². The van der Waals surface area contributed by atoms with Crippen molar-refractivity contribution in [1.29, 1.82) is 0 Å². The number of carboxylic acid groups (broad SMARTS) is 1. The van der Waals surface area contributed by atoms with Gasteiger partial charge < -0.3 is 20.6 Å². The molecule has 0 bridgehead atoms. The summed E-state index contributed by atoms with van der Waals surface area (Å²) in [7, 11) is 0. The Labute approximate surface area is 144 Å². The van der Waals surface area contributed by atoms with Gasteiger partial charge in [-0.2, -0.15) is 0 Å². The monoisotopic (exact) mass is 395 g/mol. The standard InChI is InChI=1S/C15H14BrN3O5/c16-7-3-4-10-8(6-7)11(12(24-10)13(17)20)18-14(21)9-2-1-5-19(9)15(22)23/h3-4,6,9H,1-2,5H2,(H2,17,20)(H,18,21)(H,22,23)/t9-/m0/s1. The lowest BCUT2D eigenvalue weighted by Crippen LogP contribution is -2.42. The highest BCUT2D eigenvalue weighted by molar-refractivity contribution is 9.10. The van der Waals surface area contributed by atoms with Crippen molar-refractivity contribution in [1.82, 2.24) is 4.90 Å². The predicted molar refractivity (Wildman–Crippen MR) is 88.8 cm³/mol. The minimum Gasteiger partial charge on any atom is -0.465 e. The van der Waals surface area contributed by atoms with Crippen molar-refractivity contribution in [3.05, 3.63) is 28.4 Å². The lowest BCUT2D eigenvalue weighted by Gasteiger charge is -2.20. The quantitative estimate of drug-likeness (QED) is 0.735. The maximum atomic E-state index is 12.5. The van der Waals surface area contributed by atoms with E-state index in [-0.39, 0.29) is 11.4 Å². The minimum absolute atomic E-state index is 0.154. The van der Waals surface area contributed by atoms with Gasteiger partial charge in [0, 0.05) is 16.4 Å². The third kappa shape index (κ3) is 2.82. The van der Waals surface area contributed by atoms with E-state index in [9.17, 15) is 14.4 Å². The molecule has 126 valence electrons. The number of fused-ring (bicyclic) bond motifs is 1. The SMILES string of the molecule is NC(=O)c1oc2ccc(Br)cc2c1NC(=O)[C@@H]1CCCN1C(=O)O. The molecule has 3 rings (SSSR count). The maximum absolute atomic E-state index is 12.5. The van der Waals surface area contributed by atoms with E-state index in [2.05, 4.69) is 21.2 Å². The molecule has 1 aromatic heterocycles. The highest BCUT2D eigenvalue weighted by Gasteiger charge is 2.35. The second kappa shape index (κ2) is 6.16. The number of benzene rings is 1. The zero-order valence-electron chi connectivity index (χ0n) is 12.4. The van der Waals surface area contributed by atoms with Crippen LogP contribution in [0.4, 0.5) is 10.5 Å². The first kappa shape index (κ1) is 16.3. The van der Waals surface area contributed by atoms with Gasteiger partial charge in [-0.15, -0.1) is 0 Å². The van der Waals surface area contributed by atoms with Gasteiger partial charge in [0.15, 0.2) is 0 Å². The molecule has 1 saturated heterocycles. The van der Waals surface area contributed by atoms with Gasteiger partial charge in [-0.1, -0.05) is 15.9 Å². The fraction of sp³-hybridized carbons (Fsp3) is 0.267. The third-order valence-corrected chi connectivity index (χ3v) is 4.42. The number of anilines is 1. The molecule has 1 aromatic carbocycles. The van der Waals surface area contributed by atoms with Crippen molar-refractivity contribution in [3.63, 3.8) is 0 Å². The maximum Gasteiger partial charge on any atom is 0.407 e. The number of halogens is 1. The Morgan fingerprint density at radius 2 is 2.12 bits per heavy atom. The van der Waals surface area contributed by atoms with Gasteiger partial charge in [0.1, 0.15) is 17.3 Å². The zero-order chi connectivity index (χ0) is 17.4. The van der Waals surface area contributed by atoms with Gasteiger partial charge in [-0.25, -0.2) is 4.79 Å². The minimum atomic E-state index is -1.15. The summed E-state index contributed by atoms with van der Waals surface area (Å²) in [5.41, 5.74) is 5.87. The number of nitrogens with zero attached hydrogens (tertiary/aromatic N) is 1. The smallest absolute Gasteiger partial charge is 0.407 e. The summed E-state index contributed by atoms with van der Waals surface area (Å²) in [4.78, 5) is 36.4. The molecule has 0 spiro atoms. The lowest BCUT2D eigenvalue weighted by atomic mass is 10.1. The number of rotatable bonds is 3. The van der Waals surface area contributed by atoms with E-state index < -0.39 is 23.9 Å². The Kier molecular flexibility index (Phi) is 4.18. The number of likely N-dealkylation sites (tertiary alicyclic amines) is 1. The van der Waals surface area contributed by atoms with Crippen molar-refractivity contribution in [2.45, 2.75) is 18.9 Å². The molecule has 0 aliphatic carbocycles. The number of furan rings is 1. The molecule has 24 heavy (non-hydrogen) atoms. The highest BCUT2D eigenvalue weighted by Crippen LogP contribution is 2.33. The molecule has 1 aliphatic heterocycles. The van der Waals surface area contributed by atoms with E-state index >= 15 is 0 Å². The van der Waals surface area contributed by atoms with Crippen molar-refractivity contribution in [3.8, 4) is 0 Å². The average Bonchev–Trinajstić information content (AvgIpc) is 3.12. The first-order valence-electron chi connectivity index (χ1n) is 7.20. The molecule has 0 radical (unpaired) electrons. The molecule has 9 heteroatoms. The van der Waals surface area contributed by atoms with Crippen LogP contribution in [0.15, 0.2) is 27.1 Å². The second-order valence-electron chi connectivity index (χ2n) is 5.43. The summed E-state index contributed by atoms with van der Waals surface area (Å²) in [6, 6.07) is 4.25. The molecular formula is C15H14BrN3O5. The Morgan fingerprint density at radius 1 is 1.38 bits per heavy atom. The van der Waals surface area contributed by atoms with Gasteiger partial charge in [0.25, 0.3) is 5.91 Å². The Morgan fingerprint density at radius 3 is 2.79 bits per heavy atom. The van der Waals surface area contributed by atoms with E-state index in [0.717, 1.165) is 9.37 Å². The summed E-state index contributed by atoms with van der Waals surface area (Å²) in [6.07, 6.45) is -0.128. The van der Waals surface area contributed by atoms with Crippen LogP contribution in [0.2, 0.25) is 0 Å². The predicted octanol–water partition coefficient (Wildman–Crippen LogP) is 2.38. The summed E-state index contributed by atoms with van der Waals surface area (Å²) >= 11 is 3.32. The molecule has 2 heterocycles. The van der Waals surface area contributed by atoms with Gasteiger partial charge in [-0.05, 0) is 31.0 Å². The molecule has 8 nitrogen and oxygen atoms in total. The third-order valence-electron chi connectivity index (χ3n) is 3.92. The van der Waals surface area contributed by atoms with Crippen molar-refractivity contribution >= 4 is 50.5 Å². The molecular weight excluding hydrogens is 382 g/mol. The molecule has 1 fully saturated rings. The summed E-state index contributed by atoms with van der Waals surface area (Å²) in [5.74, 6) is -1.50. The molecule has 0 unspecified atom stereocenters. The molecule has 0 saturated carbocycles. The summed E-state index contributed by atoms with van der Waals surface area (Å²) < 4.78 is 6.15. The molecule has 1 aliphatic rings. The highest BCUT2D eigenvalue weighted by atomic mass is 79.9. The van der Waals surface area contributed by atoms with Gasteiger partial charge in [-0.3, -0.25) is 14.5 Å². The Hall–Kier alpha value is -2.55. The van der Waals surface area contributed by atoms with E-state index in [1.807, 2.05) is 0 Å². The number of amides is 3. The van der Waals surface area contributed by atoms with Crippen LogP contribution in [-0.4, -0.2) is 40.5 Å². The normalized spacial score (nSPS) is 17.2. The van der Waals surface area contributed by atoms with E-state index in [0.29, 0.717) is 30.4 Å². The number of carbonyl (C=O) groups excluding carboxylic acids is 2. The lowest BCUT2D eigenvalue weighted by molar-refractivity contribution is -0.119. The van der Waals surface area contributed by atoms with Crippen LogP contribution in [0, 0.1) is 0 Å². The zero-order valence-corrected chi connectivity index (χ0v) is 14.0. The summed E-state index contributed by atoms with van der Waals surface area (Å²) in [6.45, 7) is 0.299. The number of hydrogen-bond donors (Lipinski definition) is 3. The molecule has 3 amide bonds. The van der Waals surface area contributed by atoms with Crippen LogP contribution >= 0.6 is 15.9 Å². The van der Waals surface area contributed by atoms with Crippen LogP contribution in [-0.2, 0) is 4.79 Å². The summed E-state index contributed by atoms with van der Waals surface area (Å²) in [5, 5.41) is 12.3. The molecule has 4 N–H and O–H groups in total. The largest absolute Gasteiger partial charge is 0.465 e. The average molecular weight is 396 g/mol. The van der Waals surface area contributed by atoms with Crippen molar-refractivity contribution in [2.24, 2.45) is 5.73 Å². The molecule has 2 aromatic rings. The number of primary amides is 1. The number of carbonyl (C=O) groups is 3. The topological polar surface area (TPSA) is 126 Å². The van der Waals surface area contributed by atoms with Crippen LogP contribution in [0.3, 0.4) is 0 Å². The van der Waals surface area contributed by atoms with Crippen LogP contribution in [0.5, 0.6) is 0 Å². The Balaban J connectivity index is 1.98. The fourth-order valence-electron chi connectivity index (χ4n) is 2.84. The van der Waals surface area contributed by atoms with Crippen molar-refractivity contribution in [2.75, 3.05) is 11.9 Å². The number of nitrogens with one attached hydrogen (secondary N) is 1. The van der Waals surface area contributed by atoms with Crippen LogP contribution < -0.4 is 11.1 Å². The van der Waals surface area contributed by atoms with Gasteiger partial charge in [0.05, 0.1) is 0 Å². The number of nitrogens with two attached hydrogens (primary N) is 1. The molecule has 1 atom stereocenters. The second-order valence-corrected chi connectivity index (χ2v) is 6.35. The first-order chi connectivity index (χ1) is 11.4. The van der Waals surface area contributed by atoms with E-state index in [1.54, 1.807) is 18.2 Å². The fourth-order valence-corrected chi connectivity index (χ4v) is 3.20. The van der Waals surface area contributed by atoms with Gasteiger partial charge in [0.2, 0.25) is 11.7 Å². The first-order valence-corrected chi connectivity index (χ1v) is 8.00. The van der Waals surface area contributed by atoms with Gasteiger partial charge >= 0.3 is 6.09 Å². The van der Waals surface area contributed by atoms with Crippen LogP contribution in [0.1, 0.15) is 23.4 Å².